The van der Waals surface area contributed by atoms with Crippen LogP contribution in [0.2, 0.25) is 0 Å². The van der Waals surface area contributed by atoms with Crippen LogP contribution in [0.3, 0.4) is 0 Å². The van der Waals surface area contributed by atoms with Crippen LogP contribution in [0.25, 0.3) is 5.57 Å². The molecule has 0 nitrogen and oxygen atoms in total. The summed E-state index contributed by atoms with van der Waals surface area (Å²) in [4.78, 5) is 0. The van der Waals surface area contributed by atoms with Crippen molar-refractivity contribution in [2.24, 2.45) is 0 Å². The summed E-state index contributed by atoms with van der Waals surface area (Å²) in [6.07, 6.45) is 8.30. The first kappa shape index (κ1) is 9.20. The summed E-state index contributed by atoms with van der Waals surface area (Å²) in [5.74, 6) is -0.113. The fraction of sp³-hybridized carbons (Fsp3) is 0.231. The van der Waals surface area contributed by atoms with Crippen molar-refractivity contribution in [3.8, 4) is 0 Å². The highest BCUT2D eigenvalue weighted by molar-refractivity contribution is 5.68. The second-order valence-corrected chi connectivity index (χ2v) is 3.62. The highest BCUT2D eigenvalue weighted by Crippen LogP contribution is 2.24. The van der Waals surface area contributed by atoms with Crippen LogP contribution in [0.1, 0.15) is 24.0 Å². The third-order valence-corrected chi connectivity index (χ3v) is 2.56. The highest BCUT2D eigenvalue weighted by Gasteiger charge is 2.05. The lowest BCUT2D eigenvalue weighted by Crippen LogP contribution is -1.90. The van der Waals surface area contributed by atoms with Gasteiger partial charge >= 0.3 is 0 Å². The van der Waals surface area contributed by atoms with Gasteiger partial charge in [-0.3, -0.25) is 0 Å². The third kappa shape index (κ3) is 1.77. The molecule has 1 aromatic rings. The van der Waals surface area contributed by atoms with Crippen molar-refractivity contribution in [2.75, 3.05) is 0 Å². The zero-order valence-corrected chi connectivity index (χ0v) is 8.26. The van der Waals surface area contributed by atoms with Crippen LogP contribution >= 0.6 is 0 Å². The maximum Gasteiger partial charge on any atom is 0.126 e. The van der Waals surface area contributed by atoms with Crippen LogP contribution in [-0.2, 0) is 0 Å². The highest BCUT2D eigenvalue weighted by atomic mass is 19.1. The lowest BCUT2D eigenvalue weighted by molar-refractivity contribution is 0.618. The van der Waals surface area contributed by atoms with Gasteiger partial charge in [-0.2, -0.15) is 0 Å². The van der Waals surface area contributed by atoms with E-state index in [1.54, 1.807) is 13.0 Å². The van der Waals surface area contributed by atoms with Gasteiger partial charge in [0.2, 0.25) is 0 Å². The quantitative estimate of drug-likeness (QED) is 0.627. The lowest BCUT2D eigenvalue weighted by Gasteiger charge is -2.09. The molecule has 2 rings (SSSR count). The number of rotatable bonds is 1. The Labute approximate surface area is 83.8 Å². The van der Waals surface area contributed by atoms with Crippen LogP contribution in [-0.4, -0.2) is 0 Å². The Hall–Kier alpha value is -1.37. The van der Waals surface area contributed by atoms with Crippen molar-refractivity contribution >= 4 is 5.57 Å². The Bertz CT molecular complexity index is 400. The van der Waals surface area contributed by atoms with Gasteiger partial charge in [0.1, 0.15) is 5.82 Å². The Morgan fingerprint density at radius 3 is 2.79 bits per heavy atom. The monoisotopic (exact) mass is 188 g/mol. The summed E-state index contributed by atoms with van der Waals surface area (Å²) >= 11 is 0. The molecule has 0 spiro atoms. The Morgan fingerprint density at radius 2 is 2.14 bits per heavy atom. The molecule has 0 aromatic heterocycles. The summed E-state index contributed by atoms with van der Waals surface area (Å²) in [6.45, 7) is 1.79. The van der Waals surface area contributed by atoms with E-state index < -0.39 is 0 Å². The molecule has 0 N–H and O–H groups in total. The molecule has 0 fully saturated rings. The molecule has 1 aromatic carbocycles. The molecule has 0 aliphatic heterocycles. The molecule has 1 aliphatic carbocycles. The van der Waals surface area contributed by atoms with E-state index in [9.17, 15) is 4.39 Å². The maximum atomic E-state index is 13.3. The average molecular weight is 188 g/mol. The molecule has 72 valence electrons. The van der Waals surface area contributed by atoms with E-state index in [2.05, 4.69) is 12.2 Å². The molecule has 1 heteroatoms. The fourth-order valence-electron chi connectivity index (χ4n) is 1.64. The van der Waals surface area contributed by atoms with Crippen molar-refractivity contribution < 1.29 is 4.39 Å². The average Bonchev–Trinajstić information content (AvgIpc) is 2.23. The van der Waals surface area contributed by atoms with E-state index in [0.717, 1.165) is 18.4 Å². The first-order valence-electron chi connectivity index (χ1n) is 4.89. The van der Waals surface area contributed by atoms with Crippen LogP contribution in [0.4, 0.5) is 4.39 Å². The number of hydrogen-bond acceptors (Lipinski definition) is 0. The van der Waals surface area contributed by atoms with Crippen LogP contribution < -0.4 is 0 Å². The Morgan fingerprint density at radius 1 is 1.29 bits per heavy atom. The Kier molecular flexibility index (Phi) is 2.49. The molecular weight excluding hydrogens is 175 g/mol. The zero-order chi connectivity index (χ0) is 9.97. The predicted octanol–water partition coefficient (Wildman–Crippen LogP) is 3.87. The summed E-state index contributed by atoms with van der Waals surface area (Å²) in [6, 6.07) is 5.45. The number of aryl methyl sites for hydroxylation is 1. The molecule has 0 bridgehead atoms. The van der Waals surface area contributed by atoms with Gasteiger partial charge in [-0.15, -0.1) is 0 Å². The SMILES string of the molecule is Cc1ccc(C2=CC=CCC2)cc1F. The van der Waals surface area contributed by atoms with Crippen molar-refractivity contribution in [1.82, 2.24) is 0 Å². The van der Waals surface area contributed by atoms with Crippen LogP contribution in [0.5, 0.6) is 0 Å². The van der Waals surface area contributed by atoms with Gasteiger partial charge < -0.3 is 0 Å². The van der Waals surface area contributed by atoms with Gasteiger partial charge in [-0.25, -0.2) is 4.39 Å². The van der Waals surface area contributed by atoms with E-state index in [0.29, 0.717) is 5.56 Å². The molecule has 14 heavy (non-hydrogen) atoms. The van der Waals surface area contributed by atoms with Crippen molar-refractivity contribution in [2.45, 2.75) is 19.8 Å². The standard InChI is InChI=1S/C13H13F/c1-10-7-8-12(9-13(10)14)11-5-3-2-4-6-11/h2-3,5,7-9H,4,6H2,1H3. The largest absolute Gasteiger partial charge is 0.207 e. The van der Waals surface area contributed by atoms with Crippen LogP contribution in [0.15, 0.2) is 36.4 Å². The van der Waals surface area contributed by atoms with E-state index in [1.807, 2.05) is 18.2 Å². The number of halogens is 1. The van der Waals surface area contributed by atoms with Gasteiger partial charge in [0, 0.05) is 0 Å². The van der Waals surface area contributed by atoms with Crippen molar-refractivity contribution in [1.29, 1.82) is 0 Å². The first-order valence-corrected chi connectivity index (χ1v) is 4.89. The second-order valence-electron chi connectivity index (χ2n) is 3.62. The minimum Gasteiger partial charge on any atom is -0.207 e. The Balaban J connectivity index is 2.37. The molecule has 0 radical (unpaired) electrons. The zero-order valence-electron chi connectivity index (χ0n) is 8.26. The molecule has 1 aliphatic rings. The van der Waals surface area contributed by atoms with E-state index in [1.165, 1.54) is 5.57 Å². The number of hydrogen-bond donors (Lipinski definition) is 0. The summed E-state index contributed by atoms with van der Waals surface area (Å²) in [5.41, 5.74) is 2.95. The fourth-order valence-corrected chi connectivity index (χ4v) is 1.64. The summed E-state index contributed by atoms with van der Waals surface area (Å²) in [7, 11) is 0. The molecular formula is C13H13F. The number of benzene rings is 1. The third-order valence-electron chi connectivity index (χ3n) is 2.56. The maximum absolute atomic E-state index is 13.3. The molecule has 0 saturated carbocycles. The first-order chi connectivity index (χ1) is 6.77. The molecule has 0 saturated heterocycles. The number of allylic oxidation sites excluding steroid dienone is 4. The summed E-state index contributed by atoms with van der Waals surface area (Å²) < 4.78 is 13.3. The topological polar surface area (TPSA) is 0 Å². The van der Waals surface area contributed by atoms with Gasteiger partial charge in [0.05, 0.1) is 0 Å². The van der Waals surface area contributed by atoms with Gasteiger partial charge in [0.15, 0.2) is 0 Å². The van der Waals surface area contributed by atoms with E-state index in [-0.39, 0.29) is 5.82 Å². The van der Waals surface area contributed by atoms with E-state index >= 15 is 0 Å². The minimum atomic E-state index is -0.113. The van der Waals surface area contributed by atoms with Gasteiger partial charge in [-0.05, 0) is 42.5 Å². The smallest absolute Gasteiger partial charge is 0.126 e. The molecule has 0 amide bonds. The predicted molar refractivity (Wildman–Crippen MR) is 57.5 cm³/mol. The van der Waals surface area contributed by atoms with Gasteiger partial charge in [0.25, 0.3) is 0 Å². The molecule has 0 unspecified atom stereocenters. The minimum absolute atomic E-state index is 0.113. The second kappa shape index (κ2) is 3.79. The summed E-state index contributed by atoms with van der Waals surface area (Å²) in [5, 5.41) is 0. The normalized spacial score (nSPS) is 15.4. The van der Waals surface area contributed by atoms with Gasteiger partial charge in [-0.1, -0.05) is 30.4 Å². The van der Waals surface area contributed by atoms with Crippen LogP contribution in [0, 0.1) is 12.7 Å². The lowest BCUT2D eigenvalue weighted by atomic mass is 9.96. The van der Waals surface area contributed by atoms with Crippen molar-refractivity contribution in [3.63, 3.8) is 0 Å². The van der Waals surface area contributed by atoms with Crippen molar-refractivity contribution in [3.05, 3.63) is 53.4 Å². The van der Waals surface area contributed by atoms with E-state index in [4.69, 9.17) is 0 Å². The molecule has 0 heterocycles. The molecule has 0 atom stereocenters.